The van der Waals surface area contributed by atoms with Gasteiger partial charge < -0.3 is 15.2 Å². The van der Waals surface area contributed by atoms with E-state index in [0.717, 1.165) is 5.56 Å². The van der Waals surface area contributed by atoms with Gasteiger partial charge in [-0.1, -0.05) is 12.1 Å². The predicted molar refractivity (Wildman–Crippen MR) is 79.9 cm³/mol. The first kappa shape index (κ1) is 14.4. The lowest BCUT2D eigenvalue weighted by Crippen LogP contribution is -2.40. The number of amides is 1. The third-order valence-electron chi connectivity index (χ3n) is 4.30. The molecular weight excluding hydrogens is 266 g/mol. The summed E-state index contributed by atoms with van der Waals surface area (Å²) in [6.45, 7) is 1.75. The standard InChI is InChI=1S/C17H23NO3/c1-11(19)14-3-2-4-15(9-14)21-10-16(20)18-17(12-5-6-12)13-7-8-13/h2-4,9,11-13,17,19H,5-8,10H2,1H3,(H,18,20). The Bertz CT molecular complexity index is 495. The zero-order valence-corrected chi connectivity index (χ0v) is 12.4. The molecule has 1 atom stereocenters. The maximum absolute atomic E-state index is 12.0. The van der Waals surface area contributed by atoms with Crippen molar-refractivity contribution in [3.63, 3.8) is 0 Å². The molecule has 2 aliphatic rings. The molecule has 2 aliphatic carbocycles. The molecule has 0 spiro atoms. The van der Waals surface area contributed by atoms with Gasteiger partial charge in [0.15, 0.2) is 6.61 Å². The van der Waals surface area contributed by atoms with Gasteiger partial charge in [0.2, 0.25) is 0 Å². The van der Waals surface area contributed by atoms with E-state index >= 15 is 0 Å². The van der Waals surface area contributed by atoms with Crippen LogP contribution in [0.5, 0.6) is 5.75 Å². The number of carbonyl (C=O) groups is 1. The molecule has 1 unspecified atom stereocenters. The highest BCUT2D eigenvalue weighted by Gasteiger charge is 2.42. The lowest BCUT2D eigenvalue weighted by molar-refractivity contribution is -0.124. The van der Waals surface area contributed by atoms with Gasteiger partial charge in [-0.2, -0.15) is 0 Å². The average Bonchev–Trinajstić information content (AvgIpc) is 3.36. The lowest BCUT2D eigenvalue weighted by Gasteiger charge is -2.18. The molecule has 2 fully saturated rings. The monoisotopic (exact) mass is 289 g/mol. The molecule has 114 valence electrons. The molecule has 0 radical (unpaired) electrons. The normalized spacial score (nSPS) is 19.4. The quantitative estimate of drug-likeness (QED) is 0.810. The number of aliphatic hydroxyl groups excluding tert-OH is 1. The van der Waals surface area contributed by atoms with Crippen molar-refractivity contribution in [1.82, 2.24) is 5.32 Å². The fraction of sp³-hybridized carbons (Fsp3) is 0.588. The summed E-state index contributed by atoms with van der Waals surface area (Å²) in [4.78, 5) is 12.0. The Labute approximate surface area is 125 Å². The molecule has 2 saturated carbocycles. The summed E-state index contributed by atoms with van der Waals surface area (Å²) in [6, 6.07) is 7.61. The Hall–Kier alpha value is -1.55. The third-order valence-corrected chi connectivity index (χ3v) is 4.30. The van der Waals surface area contributed by atoms with E-state index < -0.39 is 6.10 Å². The summed E-state index contributed by atoms with van der Waals surface area (Å²) in [5, 5.41) is 12.7. The van der Waals surface area contributed by atoms with Gasteiger partial charge in [0, 0.05) is 6.04 Å². The van der Waals surface area contributed by atoms with Crippen LogP contribution in [0.4, 0.5) is 0 Å². The van der Waals surface area contributed by atoms with E-state index in [0.29, 0.717) is 23.6 Å². The van der Waals surface area contributed by atoms with Gasteiger partial charge >= 0.3 is 0 Å². The van der Waals surface area contributed by atoms with Crippen molar-refractivity contribution < 1.29 is 14.6 Å². The Morgan fingerprint density at radius 3 is 2.57 bits per heavy atom. The molecule has 4 heteroatoms. The Kier molecular flexibility index (Phi) is 4.15. The van der Waals surface area contributed by atoms with Crippen LogP contribution in [0.25, 0.3) is 0 Å². The highest BCUT2D eigenvalue weighted by atomic mass is 16.5. The van der Waals surface area contributed by atoms with Crippen LogP contribution in [0.3, 0.4) is 0 Å². The van der Waals surface area contributed by atoms with Gasteiger partial charge in [-0.25, -0.2) is 0 Å². The maximum atomic E-state index is 12.0. The van der Waals surface area contributed by atoms with Crippen LogP contribution in [0.2, 0.25) is 0 Å². The summed E-state index contributed by atoms with van der Waals surface area (Å²) < 4.78 is 5.54. The molecule has 0 heterocycles. The molecule has 1 aromatic carbocycles. The first-order valence-electron chi connectivity index (χ1n) is 7.83. The second-order valence-electron chi connectivity index (χ2n) is 6.31. The van der Waals surface area contributed by atoms with Gasteiger partial charge in [-0.3, -0.25) is 4.79 Å². The van der Waals surface area contributed by atoms with E-state index in [-0.39, 0.29) is 12.5 Å². The zero-order valence-electron chi connectivity index (χ0n) is 12.4. The summed E-state index contributed by atoms with van der Waals surface area (Å²) in [7, 11) is 0. The summed E-state index contributed by atoms with van der Waals surface area (Å²) in [6.07, 6.45) is 4.46. The van der Waals surface area contributed by atoms with Crippen molar-refractivity contribution in [2.45, 2.75) is 44.8 Å². The molecule has 0 bridgehead atoms. The number of benzene rings is 1. The molecule has 1 amide bonds. The smallest absolute Gasteiger partial charge is 0.258 e. The molecule has 3 rings (SSSR count). The first-order chi connectivity index (χ1) is 10.1. The largest absolute Gasteiger partial charge is 0.484 e. The SMILES string of the molecule is CC(O)c1cccc(OCC(=O)NC(C2CC2)C2CC2)c1. The zero-order chi connectivity index (χ0) is 14.8. The first-order valence-corrected chi connectivity index (χ1v) is 7.83. The van der Waals surface area contributed by atoms with Gasteiger partial charge in [0.05, 0.1) is 6.10 Å². The molecule has 0 aromatic heterocycles. The molecule has 0 aliphatic heterocycles. The molecule has 1 aromatic rings. The number of rotatable bonds is 7. The average molecular weight is 289 g/mol. The Morgan fingerprint density at radius 1 is 1.33 bits per heavy atom. The summed E-state index contributed by atoms with van der Waals surface area (Å²) >= 11 is 0. The molecular formula is C17H23NO3. The van der Waals surface area contributed by atoms with Crippen molar-refractivity contribution in [1.29, 1.82) is 0 Å². The van der Waals surface area contributed by atoms with Crippen molar-refractivity contribution in [2.24, 2.45) is 11.8 Å². The molecule has 4 nitrogen and oxygen atoms in total. The van der Waals surface area contributed by atoms with Crippen molar-refractivity contribution >= 4 is 5.91 Å². The summed E-state index contributed by atoms with van der Waals surface area (Å²) in [5.41, 5.74) is 0.793. The van der Waals surface area contributed by atoms with E-state index in [2.05, 4.69) is 5.32 Å². The van der Waals surface area contributed by atoms with Crippen LogP contribution < -0.4 is 10.1 Å². The molecule has 21 heavy (non-hydrogen) atoms. The Balaban J connectivity index is 1.49. The highest BCUT2D eigenvalue weighted by Crippen LogP contribution is 2.44. The lowest BCUT2D eigenvalue weighted by atomic mass is 10.1. The topological polar surface area (TPSA) is 58.6 Å². The number of ether oxygens (including phenoxy) is 1. The minimum Gasteiger partial charge on any atom is -0.484 e. The van der Waals surface area contributed by atoms with E-state index in [1.807, 2.05) is 12.1 Å². The van der Waals surface area contributed by atoms with Crippen LogP contribution in [0.1, 0.15) is 44.3 Å². The predicted octanol–water partition coefficient (Wildman–Crippen LogP) is 2.42. The molecule has 2 N–H and O–H groups in total. The number of aliphatic hydroxyl groups is 1. The second-order valence-corrected chi connectivity index (χ2v) is 6.31. The van der Waals surface area contributed by atoms with Gasteiger partial charge in [-0.05, 0) is 62.1 Å². The van der Waals surface area contributed by atoms with Gasteiger partial charge in [0.25, 0.3) is 5.91 Å². The highest BCUT2D eigenvalue weighted by molar-refractivity contribution is 5.78. The molecule has 0 saturated heterocycles. The second kappa shape index (κ2) is 6.06. The fourth-order valence-electron chi connectivity index (χ4n) is 2.77. The van der Waals surface area contributed by atoms with Crippen molar-refractivity contribution in [3.8, 4) is 5.75 Å². The maximum Gasteiger partial charge on any atom is 0.258 e. The van der Waals surface area contributed by atoms with E-state index in [1.165, 1.54) is 25.7 Å². The van der Waals surface area contributed by atoms with Crippen LogP contribution in [-0.4, -0.2) is 23.7 Å². The number of nitrogens with one attached hydrogen (secondary N) is 1. The number of hydrogen-bond donors (Lipinski definition) is 2. The van der Waals surface area contributed by atoms with E-state index in [4.69, 9.17) is 4.74 Å². The fourth-order valence-corrected chi connectivity index (χ4v) is 2.77. The van der Waals surface area contributed by atoms with E-state index in [1.54, 1.807) is 19.1 Å². The van der Waals surface area contributed by atoms with Gasteiger partial charge in [-0.15, -0.1) is 0 Å². The van der Waals surface area contributed by atoms with Crippen LogP contribution in [0.15, 0.2) is 24.3 Å². The third kappa shape index (κ3) is 3.97. The Morgan fingerprint density at radius 2 is 2.00 bits per heavy atom. The van der Waals surface area contributed by atoms with Crippen molar-refractivity contribution in [3.05, 3.63) is 29.8 Å². The van der Waals surface area contributed by atoms with Crippen LogP contribution >= 0.6 is 0 Å². The van der Waals surface area contributed by atoms with Crippen LogP contribution in [-0.2, 0) is 4.79 Å². The minimum absolute atomic E-state index is 0.0405. The number of hydrogen-bond acceptors (Lipinski definition) is 3. The number of carbonyl (C=O) groups excluding carboxylic acids is 1. The van der Waals surface area contributed by atoms with Crippen molar-refractivity contribution in [2.75, 3.05) is 6.61 Å². The van der Waals surface area contributed by atoms with Crippen LogP contribution in [0, 0.1) is 11.8 Å². The van der Waals surface area contributed by atoms with Gasteiger partial charge in [0.1, 0.15) is 5.75 Å². The van der Waals surface area contributed by atoms with E-state index in [9.17, 15) is 9.90 Å². The summed E-state index contributed by atoms with van der Waals surface area (Å²) in [5.74, 6) is 1.97. The minimum atomic E-state index is -0.531.